The molecule has 1 atom stereocenters. The highest BCUT2D eigenvalue weighted by atomic mass is 31.2. The molecule has 1 unspecified atom stereocenters. The SMILES string of the molecule is CC=CC(OC(C)=O)P(=O)(OC)OC. The van der Waals surface area contributed by atoms with Crippen LogP contribution in [0.1, 0.15) is 13.8 Å². The summed E-state index contributed by atoms with van der Waals surface area (Å²) in [6.07, 6.45) is 3.06. The Balaban J connectivity index is 4.78. The van der Waals surface area contributed by atoms with E-state index in [9.17, 15) is 9.36 Å². The van der Waals surface area contributed by atoms with Gasteiger partial charge in [-0.1, -0.05) is 6.08 Å². The van der Waals surface area contributed by atoms with E-state index in [1.165, 1.54) is 27.2 Å². The largest absolute Gasteiger partial charge is 0.445 e. The van der Waals surface area contributed by atoms with E-state index in [4.69, 9.17) is 13.8 Å². The van der Waals surface area contributed by atoms with Gasteiger partial charge in [0.15, 0.2) is 0 Å². The van der Waals surface area contributed by atoms with Gasteiger partial charge in [0, 0.05) is 21.1 Å². The molecule has 0 aromatic rings. The van der Waals surface area contributed by atoms with Gasteiger partial charge >= 0.3 is 13.6 Å². The van der Waals surface area contributed by atoms with Crippen molar-refractivity contribution in [3.05, 3.63) is 12.2 Å². The first-order chi connectivity index (χ1) is 6.50. The van der Waals surface area contributed by atoms with Crippen LogP contribution in [-0.2, 0) is 23.1 Å². The molecule has 0 N–H and O–H groups in total. The second-order valence-electron chi connectivity index (χ2n) is 2.43. The standard InChI is InChI=1S/C8H15O5P/c1-5-6-8(13-7(2)9)14(10,11-3)12-4/h5-6,8H,1-4H3. The van der Waals surface area contributed by atoms with Gasteiger partial charge in [-0.05, 0) is 13.0 Å². The van der Waals surface area contributed by atoms with Crippen molar-refractivity contribution in [2.45, 2.75) is 19.7 Å². The number of carbonyl (C=O) groups excluding carboxylic acids is 1. The average molecular weight is 222 g/mol. The fourth-order valence-corrected chi connectivity index (χ4v) is 2.05. The summed E-state index contributed by atoms with van der Waals surface area (Å²) in [6.45, 7) is 2.94. The van der Waals surface area contributed by atoms with Gasteiger partial charge in [0.05, 0.1) is 0 Å². The average Bonchev–Trinajstić information content (AvgIpc) is 2.15. The minimum atomic E-state index is -3.39. The number of rotatable bonds is 5. The van der Waals surface area contributed by atoms with E-state index < -0.39 is 19.4 Å². The lowest BCUT2D eigenvalue weighted by Crippen LogP contribution is -2.16. The van der Waals surface area contributed by atoms with Gasteiger partial charge in [0.1, 0.15) is 0 Å². The normalized spacial score (nSPS) is 14.3. The lowest BCUT2D eigenvalue weighted by atomic mass is 10.5. The summed E-state index contributed by atoms with van der Waals surface area (Å²) in [5.74, 6) is -1.53. The van der Waals surface area contributed by atoms with Crippen molar-refractivity contribution < 1.29 is 23.1 Å². The third-order valence-electron chi connectivity index (χ3n) is 1.46. The van der Waals surface area contributed by atoms with Crippen molar-refractivity contribution >= 4 is 13.6 Å². The lowest BCUT2D eigenvalue weighted by Gasteiger charge is -2.20. The molecule has 0 saturated carbocycles. The molecule has 0 saturated heterocycles. The third-order valence-corrected chi connectivity index (χ3v) is 3.38. The van der Waals surface area contributed by atoms with Crippen LogP contribution in [-0.4, -0.2) is 26.0 Å². The van der Waals surface area contributed by atoms with Gasteiger partial charge in [0.25, 0.3) is 0 Å². The van der Waals surface area contributed by atoms with Crippen molar-refractivity contribution in [3.63, 3.8) is 0 Å². The van der Waals surface area contributed by atoms with Crippen LogP contribution in [0.15, 0.2) is 12.2 Å². The zero-order chi connectivity index (χ0) is 11.2. The Hall–Kier alpha value is -0.640. The Morgan fingerprint density at radius 3 is 2.14 bits per heavy atom. The van der Waals surface area contributed by atoms with E-state index in [2.05, 4.69) is 0 Å². The summed E-state index contributed by atoms with van der Waals surface area (Å²) < 4.78 is 26.0. The molecule has 0 bridgehead atoms. The molecule has 0 heterocycles. The van der Waals surface area contributed by atoms with Crippen LogP contribution in [0.4, 0.5) is 0 Å². The van der Waals surface area contributed by atoms with Crippen molar-refractivity contribution in [1.29, 1.82) is 0 Å². The van der Waals surface area contributed by atoms with E-state index in [0.29, 0.717) is 0 Å². The molecule has 0 fully saturated rings. The number of ether oxygens (including phenoxy) is 1. The second-order valence-corrected chi connectivity index (χ2v) is 4.75. The van der Waals surface area contributed by atoms with Crippen LogP contribution in [0.2, 0.25) is 0 Å². The maximum atomic E-state index is 11.8. The summed E-state index contributed by atoms with van der Waals surface area (Å²) in [5, 5.41) is 0. The molecular weight excluding hydrogens is 207 g/mol. The number of hydrogen-bond acceptors (Lipinski definition) is 5. The summed E-state index contributed by atoms with van der Waals surface area (Å²) in [7, 11) is -0.911. The number of carbonyl (C=O) groups is 1. The van der Waals surface area contributed by atoms with E-state index in [1.54, 1.807) is 13.0 Å². The van der Waals surface area contributed by atoms with Crippen molar-refractivity contribution in [1.82, 2.24) is 0 Å². The van der Waals surface area contributed by atoms with Crippen LogP contribution in [0, 0.1) is 0 Å². The van der Waals surface area contributed by atoms with Crippen LogP contribution in [0.5, 0.6) is 0 Å². The topological polar surface area (TPSA) is 61.8 Å². The summed E-state index contributed by atoms with van der Waals surface area (Å²) in [4.78, 5) is 10.7. The summed E-state index contributed by atoms with van der Waals surface area (Å²) >= 11 is 0. The number of esters is 1. The van der Waals surface area contributed by atoms with Crippen LogP contribution < -0.4 is 0 Å². The molecular formula is C8H15O5P. The minimum Gasteiger partial charge on any atom is -0.445 e. The monoisotopic (exact) mass is 222 g/mol. The van der Waals surface area contributed by atoms with E-state index in [0.717, 1.165) is 0 Å². The maximum absolute atomic E-state index is 11.8. The maximum Gasteiger partial charge on any atom is 0.374 e. The molecule has 0 aliphatic heterocycles. The van der Waals surface area contributed by atoms with Crippen LogP contribution in [0.3, 0.4) is 0 Å². The summed E-state index contributed by atoms with van der Waals surface area (Å²) in [6, 6.07) is 0. The summed E-state index contributed by atoms with van der Waals surface area (Å²) in [5.41, 5.74) is 0. The highest BCUT2D eigenvalue weighted by Crippen LogP contribution is 2.52. The minimum absolute atomic E-state index is 0.539. The Labute approximate surface area is 83.6 Å². The second kappa shape index (κ2) is 5.96. The number of hydrogen-bond donors (Lipinski definition) is 0. The molecule has 0 spiro atoms. The molecule has 0 aliphatic carbocycles. The van der Waals surface area contributed by atoms with Gasteiger partial charge < -0.3 is 13.8 Å². The molecule has 0 aromatic heterocycles. The first kappa shape index (κ1) is 13.4. The first-order valence-corrected chi connectivity index (χ1v) is 5.62. The third kappa shape index (κ3) is 3.62. The highest BCUT2D eigenvalue weighted by molar-refractivity contribution is 7.54. The Kier molecular flexibility index (Phi) is 5.69. The molecule has 0 aromatic carbocycles. The zero-order valence-corrected chi connectivity index (χ0v) is 9.61. The van der Waals surface area contributed by atoms with Crippen molar-refractivity contribution in [3.8, 4) is 0 Å². The van der Waals surface area contributed by atoms with Gasteiger partial charge in [-0.3, -0.25) is 9.36 Å². The number of allylic oxidation sites excluding steroid dienone is 1. The van der Waals surface area contributed by atoms with Gasteiger partial charge in [-0.15, -0.1) is 0 Å². The Bertz CT molecular complexity index is 252. The molecule has 14 heavy (non-hydrogen) atoms. The van der Waals surface area contributed by atoms with Gasteiger partial charge in [-0.2, -0.15) is 0 Å². The molecule has 0 rings (SSSR count). The lowest BCUT2D eigenvalue weighted by molar-refractivity contribution is -0.141. The Morgan fingerprint density at radius 2 is 1.86 bits per heavy atom. The molecule has 0 radical (unpaired) electrons. The van der Waals surface area contributed by atoms with Gasteiger partial charge in [0.2, 0.25) is 5.85 Å². The van der Waals surface area contributed by atoms with E-state index >= 15 is 0 Å². The van der Waals surface area contributed by atoms with Crippen molar-refractivity contribution in [2.24, 2.45) is 0 Å². The predicted molar refractivity (Wildman–Crippen MR) is 52.0 cm³/mol. The highest BCUT2D eigenvalue weighted by Gasteiger charge is 2.34. The predicted octanol–water partition coefficient (Wildman–Crippen LogP) is 1.94. The molecule has 0 aliphatic rings. The fraction of sp³-hybridized carbons (Fsp3) is 0.625. The smallest absolute Gasteiger partial charge is 0.374 e. The van der Waals surface area contributed by atoms with Crippen LogP contribution in [0.25, 0.3) is 0 Å². The zero-order valence-electron chi connectivity index (χ0n) is 8.72. The van der Waals surface area contributed by atoms with Gasteiger partial charge in [-0.25, -0.2) is 0 Å². The molecule has 6 heteroatoms. The van der Waals surface area contributed by atoms with E-state index in [-0.39, 0.29) is 0 Å². The molecule has 0 amide bonds. The Morgan fingerprint density at radius 1 is 1.36 bits per heavy atom. The first-order valence-electron chi connectivity index (χ1n) is 4.01. The quantitative estimate of drug-likeness (QED) is 0.404. The van der Waals surface area contributed by atoms with Crippen LogP contribution >= 0.6 is 7.60 Å². The molecule has 5 nitrogen and oxygen atoms in total. The fourth-order valence-electron chi connectivity index (χ4n) is 0.826. The van der Waals surface area contributed by atoms with E-state index in [1.807, 2.05) is 0 Å². The van der Waals surface area contributed by atoms with Crippen molar-refractivity contribution in [2.75, 3.05) is 14.2 Å². The molecule has 82 valence electrons.